The predicted molar refractivity (Wildman–Crippen MR) is 167 cm³/mol. The van der Waals surface area contributed by atoms with Crippen molar-refractivity contribution < 1.29 is 0 Å². The lowest BCUT2D eigenvalue weighted by atomic mass is 9.91. The van der Waals surface area contributed by atoms with Gasteiger partial charge in [-0.25, -0.2) is 0 Å². The molecule has 0 unspecified atom stereocenters. The van der Waals surface area contributed by atoms with E-state index in [-0.39, 0.29) is 0 Å². The fourth-order valence-electron chi connectivity index (χ4n) is 6.26. The third kappa shape index (κ3) is 3.17. The first-order chi connectivity index (χ1) is 18.8. The molecule has 0 spiro atoms. The number of fused-ring (bicyclic) bond motifs is 7. The highest BCUT2D eigenvalue weighted by atomic mass is 14.1. The third-order valence-electron chi connectivity index (χ3n) is 8.02. The Labute approximate surface area is 220 Å². The number of benzene rings is 9. The summed E-state index contributed by atoms with van der Waals surface area (Å²) in [5.41, 5.74) is 0. The molecule has 0 saturated carbocycles. The van der Waals surface area contributed by atoms with Crippen LogP contribution in [0.4, 0.5) is 0 Å². The van der Waals surface area contributed by atoms with Crippen LogP contribution in [0.2, 0.25) is 0 Å². The van der Waals surface area contributed by atoms with Crippen molar-refractivity contribution in [3.05, 3.63) is 146 Å². The summed E-state index contributed by atoms with van der Waals surface area (Å²) in [6.07, 6.45) is 0. The van der Waals surface area contributed by atoms with Gasteiger partial charge in [0.25, 0.3) is 0 Å². The van der Waals surface area contributed by atoms with Gasteiger partial charge in [-0.05, 0) is 81.5 Å². The summed E-state index contributed by atoms with van der Waals surface area (Å²) < 4.78 is 0. The van der Waals surface area contributed by atoms with Gasteiger partial charge in [-0.1, -0.05) is 140 Å². The normalized spacial score (nSPS) is 11.7. The molecule has 176 valence electrons. The number of hydrogen-bond acceptors (Lipinski definition) is 0. The summed E-state index contributed by atoms with van der Waals surface area (Å²) in [6.45, 7) is 0. The fraction of sp³-hybridized carbons (Fsp3) is 0. The molecule has 38 heavy (non-hydrogen) atoms. The molecule has 0 bridgehead atoms. The Hall–Kier alpha value is -4.94. The molecule has 0 fully saturated rings. The smallest absolute Gasteiger partial charge is 0.00204 e. The molecule has 0 radical (unpaired) electrons. The van der Waals surface area contributed by atoms with Gasteiger partial charge in [0.1, 0.15) is 0 Å². The Balaban J connectivity index is 0.000000119. The Morgan fingerprint density at radius 2 is 0.632 bits per heavy atom. The monoisotopic (exact) mass is 480 g/mol. The van der Waals surface area contributed by atoms with E-state index in [0.29, 0.717) is 0 Å². The van der Waals surface area contributed by atoms with Crippen LogP contribution in [0.1, 0.15) is 0 Å². The van der Waals surface area contributed by atoms with Gasteiger partial charge < -0.3 is 0 Å². The van der Waals surface area contributed by atoms with Crippen LogP contribution in [0.15, 0.2) is 146 Å². The van der Waals surface area contributed by atoms with Crippen molar-refractivity contribution >= 4 is 75.4 Å². The molecule has 9 aromatic rings. The van der Waals surface area contributed by atoms with Crippen LogP contribution in [0.5, 0.6) is 0 Å². The highest BCUT2D eigenvalue weighted by molar-refractivity contribution is 6.28. The Morgan fingerprint density at radius 1 is 0.211 bits per heavy atom. The zero-order valence-corrected chi connectivity index (χ0v) is 20.9. The van der Waals surface area contributed by atoms with E-state index in [1.165, 1.54) is 75.4 Å². The van der Waals surface area contributed by atoms with Gasteiger partial charge in [-0.15, -0.1) is 0 Å². The van der Waals surface area contributed by atoms with Crippen molar-refractivity contribution in [1.82, 2.24) is 0 Å². The quantitative estimate of drug-likeness (QED) is 0.150. The molecular weight excluding hydrogens is 456 g/mol. The van der Waals surface area contributed by atoms with Gasteiger partial charge >= 0.3 is 0 Å². The van der Waals surface area contributed by atoms with Crippen LogP contribution in [0.3, 0.4) is 0 Å². The van der Waals surface area contributed by atoms with Gasteiger partial charge in [0, 0.05) is 0 Å². The summed E-state index contributed by atoms with van der Waals surface area (Å²) in [7, 11) is 0. The minimum absolute atomic E-state index is 1.31. The van der Waals surface area contributed by atoms with E-state index in [9.17, 15) is 0 Å². The predicted octanol–water partition coefficient (Wildman–Crippen LogP) is 10.9. The highest BCUT2D eigenvalue weighted by Crippen LogP contribution is 2.38. The molecule has 0 heterocycles. The first kappa shape index (κ1) is 21.2. The van der Waals surface area contributed by atoms with Gasteiger partial charge in [-0.2, -0.15) is 0 Å². The standard InChI is InChI=1S/C20H12.C18H12/c1-2-7-17-15(4-1)12-16-9-8-13-5-3-6-14-10-11-18(17)20(16)19(13)14;1-3-7-15-13(5-1)9-11-18-16-8-4-2-6-14(16)10-12-17(15)18/h1-12H;1-12H. The molecule has 0 nitrogen and oxygen atoms in total. The summed E-state index contributed by atoms with van der Waals surface area (Å²) >= 11 is 0. The fourth-order valence-corrected chi connectivity index (χ4v) is 6.26. The molecule has 0 aliphatic heterocycles. The van der Waals surface area contributed by atoms with Crippen LogP contribution in [-0.4, -0.2) is 0 Å². The number of rotatable bonds is 0. The van der Waals surface area contributed by atoms with Crippen molar-refractivity contribution in [1.29, 1.82) is 0 Å². The van der Waals surface area contributed by atoms with Crippen molar-refractivity contribution in [3.8, 4) is 0 Å². The molecule has 0 aliphatic rings. The largest absolute Gasteiger partial charge is 0.0616 e. The molecule has 0 aliphatic carbocycles. The second kappa shape index (κ2) is 8.30. The van der Waals surface area contributed by atoms with Crippen LogP contribution in [0.25, 0.3) is 75.4 Å². The molecule has 9 rings (SSSR count). The molecule has 0 saturated heterocycles. The number of hydrogen-bond donors (Lipinski definition) is 0. The second-order valence-electron chi connectivity index (χ2n) is 10.1. The topological polar surface area (TPSA) is 0 Å². The van der Waals surface area contributed by atoms with E-state index in [0.717, 1.165) is 0 Å². The Bertz CT molecular complexity index is 2200. The Morgan fingerprint density at radius 3 is 1.26 bits per heavy atom. The van der Waals surface area contributed by atoms with Gasteiger partial charge in [0.05, 0.1) is 0 Å². The highest BCUT2D eigenvalue weighted by Gasteiger charge is 2.10. The average Bonchev–Trinajstić information content (AvgIpc) is 2.99. The molecule has 0 N–H and O–H groups in total. The van der Waals surface area contributed by atoms with E-state index in [1.54, 1.807) is 0 Å². The molecule has 9 aromatic carbocycles. The van der Waals surface area contributed by atoms with Crippen LogP contribution in [-0.2, 0) is 0 Å². The zero-order valence-electron chi connectivity index (χ0n) is 20.9. The zero-order chi connectivity index (χ0) is 25.1. The molecular formula is C38H24. The van der Waals surface area contributed by atoms with Gasteiger partial charge in [0.15, 0.2) is 0 Å². The lowest BCUT2D eigenvalue weighted by molar-refractivity contribution is 1.77. The summed E-state index contributed by atoms with van der Waals surface area (Å²) in [4.78, 5) is 0. The maximum absolute atomic E-state index is 2.31. The summed E-state index contributed by atoms with van der Waals surface area (Å²) in [5.74, 6) is 0. The lowest BCUT2D eigenvalue weighted by Crippen LogP contribution is -1.85. The molecule has 0 heteroatoms. The summed E-state index contributed by atoms with van der Waals surface area (Å²) in [6, 6.07) is 52.6. The van der Waals surface area contributed by atoms with Crippen LogP contribution < -0.4 is 0 Å². The minimum atomic E-state index is 1.31. The first-order valence-corrected chi connectivity index (χ1v) is 13.2. The average molecular weight is 481 g/mol. The second-order valence-corrected chi connectivity index (χ2v) is 10.1. The molecule has 0 aromatic heterocycles. The Kier molecular flexibility index (Phi) is 4.62. The third-order valence-corrected chi connectivity index (χ3v) is 8.02. The van der Waals surface area contributed by atoms with Gasteiger partial charge in [0.2, 0.25) is 0 Å². The van der Waals surface area contributed by atoms with Crippen molar-refractivity contribution in [2.75, 3.05) is 0 Å². The van der Waals surface area contributed by atoms with E-state index >= 15 is 0 Å². The maximum Gasteiger partial charge on any atom is -0.00204 e. The summed E-state index contributed by atoms with van der Waals surface area (Å²) in [5, 5.41) is 18.8. The van der Waals surface area contributed by atoms with Crippen molar-refractivity contribution in [2.45, 2.75) is 0 Å². The van der Waals surface area contributed by atoms with Crippen LogP contribution >= 0.6 is 0 Å². The molecule has 0 atom stereocenters. The first-order valence-electron chi connectivity index (χ1n) is 13.2. The molecule has 0 amide bonds. The van der Waals surface area contributed by atoms with Crippen molar-refractivity contribution in [3.63, 3.8) is 0 Å². The maximum atomic E-state index is 2.31. The van der Waals surface area contributed by atoms with E-state index in [2.05, 4.69) is 146 Å². The van der Waals surface area contributed by atoms with Crippen LogP contribution in [0, 0.1) is 0 Å². The SMILES string of the molecule is c1ccc2c(c1)cc1ccc3cccc4ccc2c1c34.c1ccc2c(c1)ccc1c3ccccc3ccc21. The van der Waals surface area contributed by atoms with Crippen molar-refractivity contribution in [2.24, 2.45) is 0 Å². The van der Waals surface area contributed by atoms with E-state index in [1.807, 2.05) is 0 Å². The lowest BCUT2D eigenvalue weighted by Gasteiger charge is -2.12. The minimum Gasteiger partial charge on any atom is -0.0616 e. The van der Waals surface area contributed by atoms with E-state index in [4.69, 9.17) is 0 Å². The van der Waals surface area contributed by atoms with Gasteiger partial charge in [-0.3, -0.25) is 0 Å². The van der Waals surface area contributed by atoms with E-state index < -0.39 is 0 Å².